The molecule has 118 valence electrons. The lowest BCUT2D eigenvalue weighted by Crippen LogP contribution is -2.25. The molecule has 1 atom stereocenters. The van der Waals surface area contributed by atoms with E-state index < -0.39 is 0 Å². The number of thioether (sulfide) groups is 1. The minimum absolute atomic E-state index is 0.0508. The maximum absolute atomic E-state index is 12.4. The Morgan fingerprint density at radius 2 is 1.86 bits per heavy atom. The molecule has 1 unspecified atom stereocenters. The van der Waals surface area contributed by atoms with Crippen LogP contribution in [0.5, 0.6) is 0 Å². The first kappa shape index (κ1) is 17.0. The number of benzene rings is 1. The van der Waals surface area contributed by atoms with Crippen molar-refractivity contribution in [3.63, 3.8) is 0 Å². The number of ketones is 1. The van der Waals surface area contributed by atoms with Crippen molar-refractivity contribution in [3.05, 3.63) is 35.4 Å². The van der Waals surface area contributed by atoms with Crippen LogP contribution < -0.4 is 5.32 Å². The van der Waals surface area contributed by atoms with Crippen molar-refractivity contribution in [2.45, 2.75) is 49.7 Å². The number of nitrogens with zero attached hydrogens (tertiary/aromatic N) is 2. The fraction of sp³-hybridized carbons (Fsp3) is 0.438. The number of aryl methyl sites for hydroxylation is 1. The molecule has 1 N–H and O–H groups in total. The molecule has 0 aliphatic heterocycles. The van der Waals surface area contributed by atoms with Crippen molar-refractivity contribution < 1.29 is 4.79 Å². The molecule has 0 aliphatic carbocycles. The van der Waals surface area contributed by atoms with Crippen molar-refractivity contribution in [2.24, 2.45) is 0 Å². The standard InChI is InChI=1S/C16H21N3OS2/c1-10-6-8-12(9-7-10)13(20)11(2)21-15-19-18-14(22-15)17-16(3,4)5/h6-9,11H,1-5H3,(H,17,18). The molecule has 0 saturated carbocycles. The Morgan fingerprint density at radius 1 is 1.23 bits per heavy atom. The van der Waals surface area contributed by atoms with E-state index in [1.807, 2.05) is 38.1 Å². The van der Waals surface area contributed by atoms with E-state index >= 15 is 0 Å². The van der Waals surface area contributed by atoms with Crippen LogP contribution in [0.1, 0.15) is 43.6 Å². The monoisotopic (exact) mass is 335 g/mol. The van der Waals surface area contributed by atoms with E-state index in [-0.39, 0.29) is 16.6 Å². The summed E-state index contributed by atoms with van der Waals surface area (Å²) >= 11 is 2.93. The van der Waals surface area contributed by atoms with Crippen LogP contribution in [0.15, 0.2) is 28.6 Å². The molecular weight excluding hydrogens is 314 g/mol. The van der Waals surface area contributed by atoms with Gasteiger partial charge < -0.3 is 5.32 Å². The number of rotatable bonds is 5. The second-order valence-corrected chi connectivity index (χ2v) is 8.80. The van der Waals surface area contributed by atoms with Gasteiger partial charge in [-0.3, -0.25) is 4.79 Å². The van der Waals surface area contributed by atoms with Gasteiger partial charge in [-0.15, -0.1) is 10.2 Å². The van der Waals surface area contributed by atoms with Crippen molar-refractivity contribution >= 4 is 34.0 Å². The van der Waals surface area contributed by atoms with Crippen LogP contribution in [0.3, 0.4) is 0 Å². The van der Waals surface area contributed by atoms with E-state index in [0.29, 0.717) is 0 Å². The highest BCUT2D eigenvalue weighted by Crippen LogP contribution is 2.31. The lowest BCUT2D eigenvalue weighted by molar-refractivity contribution is 0.0994. The molecule has 1 heterocycles. The molecule has 22 heavy (non-hydrogen) atoms. The van der Waals surface area contributed by atoms with Crippen molar-refractivity contribution in [1.82, 2.24) is 10.2 Å². The third-order valence-electron chi connectivity index (χ3n) is 2.87. The summed E-state index contributed by atoms with van der Waals surface area (Å²) in [6, 6.07) is 7.67. The van der Waals surface area contributed by atoms with Gasteiger partial charge in [0, 0.05) is 11.1 Å². The summed E-state index contributed by atoms with van der Waals surface area (Å²) in [7, 11) is 0. The lowest BCUT2D eigenvalue weighted by Gasteiger charge is -2.18. The number of hydrogen-bond donors (Lipinski definition) is 1. The topological polar surface area (TPSA) is 54.9 Å². The molecule has 1 aromatic carbocycles. The fourth-order valence-corrected chi connectivity index (χ4v) is 3.97. The zero-order chi connectivity index (χ0) is 16.3. The van der Waals surface area contributed by atoms with Crippen LogP contribution in [-0.4, -0.2) is 26.8 Å². The minimum atomic E-state index is -0.182. The smallest absolute Gasteiger partial charge is 0.206 e. The van der Waals surface area contributed by atoms with Gasteiger partial charge in [-0.05, 0) is 34.6 Å². The maximum atomic E-state index is 12.4. The second-order valence-electron chi connectivity index (χ2n) is 6.24. The summed E-state index contributed by atoms with van der Waals surface area (Å²) in [5, 5.41) is 12.2. The molecule has 0 bridgehead atoms. The molecule has 2 rings (SSSR count). The molecular formula is C16H21N3OS2. The van der Waals surface area contributed by atoms with Gasteiger partial charge in [0.05, 0.1) is 5.25 Å². The van der Waals surface area contributed by atoms with Gasteiger partial charge in [0.15, 0.2) is 10.1 Å². The van der Waals surface area contributed by atoms with Gasteiger partial charge in [-0.1, -0.05) is 52.9 Å². The highest BCUT2D eigenvalue weighted by Gasteiger charge is 2.19. The number of nitrogens with one attached hydrogen (secondary N) is 1. The largest absolute Gasteiger partial charge is 0.355 e. The molecule has 0 aliphatic rings. The molecule has 6 heteroatoms. The van der Waals surface area contributed by atoms with Crippen molar-refractivity contribution in [2.75, 3.05) is 5.32 Å². The molecule has 1 aromatic heterocycles. The van der Waals surface area contributed by atoms with E-state index in [2.05, 4.69) is 36.3 Å². The molecule has 0 saturated heterocycles. The fourth-order valence-electron chi connectivity index (χ4n) is 1.79. The lowest BCUT2D eigenvalue weighted by atomic mass is 10.1. The quantitative estimate of drug-likeness (QED) is 0.647. The number of carbonyl (C=O) groups excluding carboxylic acids is 1. The average molecular weight is 335 g/mol. The Kier molecular flexibility index (Phi) is 5.24. The summed E-state index contributed by atoms with van der Waals surface area (Å²) in [6.07, 6.45) is 0. The van der Waals surface area contributed by atoms with Crippen LogP contribution in [0.25, 0.3) is 0 Å². The summed E-state index contributed by atoms with van der Waals surface area (Å²) in [4.78, 5) is 12.4. The number of aromatic nitrogens is 2. The molecule has 0 radical (unpaired) electrons. The summed E-state index contributed by atoms with van der Waals surface area (Å²) in [5.41, 5.74) is 1.84. The maximum Gasteiger partial charge on any atom is 0.206 e. The van der Waals surface area contributed by atoms with E-state index in [1.165, 1.54) is 23.1 Å². The van der Waals surface area contributed by atoms with Crippen LogP contribution in [-0.2, 0) is 0 Å². The zero-order valence-electron chi connectivity index (χ0n) is 13.5. The van der Waals surface area contributed by atoms with Crippen molar-refractivity contribution in [3.8, 4) is 0 Å². The summed E-state index contributed by atoms with van der Waals surface area (Å²) in [5.74, 6) is 0.116. The molecule has 2 aromatic rings. The third kappa shape index (κ3) is 4.81. The Bertz CT molecular complexity index is 644. The SMILES string of the molecule is Cc1ccc(C(=O)C(C)Sc2nnc(NC(C)(C)C)s2)cc1. The van der Waals surface area contributed by atoms with Crippen LogP contribution >= 0.6 is 23.1 Å². The van der Waals surface area contributed by atoms with Crippen LogP contribution in [0, 0.1) is 6.92 Å². The minimum Gasteiger partial charge on any atom is -0.355 e. The Balaban J connectivity index is 2.01. The number of Topliss-reactive ketones (excluding diaryl/α,β-unsaturated/α-hetero) is 1. The predicted octanol–water partition coefficient (Wildman–Crippen LogP) is 4.42. The van der Waals surface area contributed by atoms with Gasteiger partial charge in [-0.2, -0.15) is 0 Å². The molecule has 0 amide bonds. The van der Waals surface area contributed by atoms with Gasteiger partial charge in [-0.25, -0.2) is 0 Å². The molecule has 0 spiro atoms. The Hall–Kier alpha value is -1.40. The van der Waals surface area contributed by atoms with Crippen LogP contribution in [0.4, 0.5) is 5.13 Å². The number of anilines is 1. The Morgan fingerprint density at radius 3 is 2.45 bits per heavy atom. The zero-order valence-corrected chi connectivity index (χ0v) is 15.1. The van der Waals surface area contributed by atoms with E-state index in [9.17, 15) is 4.79 Å². The second kappa shape index (κ2) is 6.79. The van der Waals surface area contributed by atoms with Gasteiger partial charge in [0.1, 0.15) is 0 Å². The first-order valence-electron chi connectivity index (χ1n) is 7.14. The summed E-state index contributed by atoms with van der Waals surface area (Å²) < 4.78 is 0.805. The molecule has 0 fully saturated rings. The van der Waals surface area contributed by atoms with Crippen LogP contribution in [0.2, 0.25) is 0 Å². The molecule has 4 nitrogen and oxygen atoms in total. The first-order chi connectivity index (χ1) is 10.2. The summed E-state index contributed by atoms with van der Waals surface area (Å²) in [6.45, 7) is 10.1. The third-order valence-corrected chi connectivity index (χ3v) is 4.89. The normalized spacial score (nSPS) is 13.0. The highest BCUT2D eigenvalue weighted by molar-refractivity contribution is 8.02. The van der Waals surface area contributed by atoms with Gasteiger partial charge in [0.25, 0.3) is 0 Å². The van der Waals surface area contributed by atoms with Crippen molar-refractivity contribution in [1.29, 1.82) is 0 Å². The first-order valence-corrected chi connectivity index (χ1v) is 8.83. The highest BCUT2D eigenvalue weighted by atomic mass is 32.2. The van der Waals surface area contributed by atoms with Gasteiger partial charge in [0.2, 0.25) is 5.13 Å². The number of hydrogen-bond acceptors (Lipinski definition) is 6. The average Bonchev–Trinajstić information content (AvgIpc) is 2.83. The van der Waals surface area contributed by atoms with E-state index in [0.717, 1.165) is 20.6 Å². The van der Waals surface area contributed by atoms with E-state index in [1.54, 1.807) is 0 Å². The Labute approximate surface area is 139 Å². The van der Waals surface area contributed by atoms with Gasteiger partial charge >= 0.3 is 0 Å². The number of carbonyl (C=O) groups is 1. The predicted molar refractivity (Wildman–Crippen MR) is 94.1 cm³/mol. The van der Waals surface area contributed by atoms with E-state index in [4.69, 9.17) is 0 Å².